The van der Waals surface area contributed by atoms with Crippen LogP contribution in [-0.2, 0) is 22.5 Å². The lowest BCUT2D eigenvalue weighted by atomic mass is 10.1. The fourth-order valence-corrected chi connectivity index (χ4v) is 1.43. The van der Waals surface area contributed by atoms with Gasteiger partial charge in [0.15, 0.2) is 0 Å². The Balaban J connectivity index is 3.30. The predicted octanol–water partition coefficient (Wildman–Crippen LogP) is 1.16. The van der Waals surface area contributed by atoms with Crippen LogP contribution in [0.1, 0.15) is 11.3 Å². The average molecular weight is 294 g/mol. The zero-order valence-electron chi connectivity index (χ0n) is 10.8. The third-order valence-electron chi connectivity index (χ3n) is 2.29. The molecular weight excluding hydrogens is 281 g/mol. The van der Waals surface area contributed by atoms with E-state index in [2.05, 4.69) is 14.5 Å². The van der Waals surface area contributed by atoms with Crippen molar-refractivity contribution in [2.45, 2.75) is 19.3 Å². The molecule has 112 valence electrons. The Morgan fingerprint density at radius 2 is 2.05 bits per heavy atom. The van der Waals surface area contributed by atoms with Crippen LogP contribution in [0.4, 0.5) is 13.2 Å². The van der Waals surface area contributed by atoms with E-state index < -0.39 is 24.6 Å². The van der Waals surface area contributed by atoms with Gasteiger partial charge >= 0.3 is 12.3 Å². The van der Waals surface area contributed by atoms with Crippen LogP contribution in [0.3, 0.4) is 0 Å². The van der Waals surface area contributed by atoms with Gasteiger partial charge in [0.05, 0.1) is 31.9 Å². The number of hydrogen-bond acceptors (Lipinski definition) is 6. The highest BCUT2D eigenvalue weighted by Gasteiger charge is 2.34. The number of carbonyl (C=O) groups is 1. The number of pyridine rings is 1. The Labute approximate surface area is 112 Å². The minimum absolute atomic E-state index is 0.0186. The topological polar surface area (TPSA) is 83.7 Å². The van der Waals surface area contributed by atoms with Gasteiger partial charge in [0.2, 0.25) is 5.88 Å². The third-order valence-corrected chi connectivity index (χ3v) is 2.29. The summed E-state index contributed by atoms with van der Waals surface area (Å²) >= 11 is 0. The van der Waals surface area contributed by atoms with E-state index in [0.29, 0.717) is 0 Å². The molecule has 0 amide bonds. The summed E-state index contributed by atoms with van der Waals surface area (Å²) in [6, 6.07) is 1.33. The number of rotatable bonds is 5. The second-order valence-electron chi connectivity index (χ2n) is 3.60. The molecule has 0 aromatic carbocycles. The van der Waals surface area contributed by atoms with Crippen LogP contribution in [0, 0.1) is 0 Å². The molecular formula is C11H13F3N2O4. The molecule has 1 rings (SSSR count). The Kier molecular flexibility index (Phi) is 5.14. The van der Waals surface area contributed by atoms with Crippen LogP contribution >= 0.6 is 0 Å². The minimum atomic E-state index is -4.95. The first-order valence-electron chi connectivity index (χ1n) is 5.40. The number of esters is 1. The molecule has 1 aromatic rings. The Hall–Kier alpha value is -2.03. The molecule has 0 radical (unpaired) electrons. The maximum Gasteiger partial charge on any atom is 0.574 e. The molecule has 0 saturated heterocycles. The van der Waals surface area contributed by atoms with Crippen LogP contribution in [-0.4, -0.2) is 31.5 Å². The SMILES string of the molecule is COC(=O)Cc1c(OC)cc(CN)nc1OC(F)(F)F. The molecule has 0 atom stereocenters. The largest absolute Gasteiger partial charge is 0.574 e. The van der Waals surface area contributed by atoms with E-state index in [4.69, 9.17) is 10.5 Å². The number of ether oxygens (including phenoxy) is 3. The van der Waals surface area contributed by atoms with Crippen LogP contribution in [0.15, 0.2) is 6.07 Å². The molecule has 0 aliphatic heterocycles. The highest BCUT2D eigenvalue weighted by Crippen LogP contribution is 2.32. The number of aromatic nitrogens is 1. The highest BCUT2D eigenvalue weighted by atomic mass is 19.4. The van der Waals surface area contributed by atoms with E-state index in [1.807, 2.05) is 0 Å². The van der Waals surface area contributed by atoms with Gasteiger partial charge < -0.3 is 19.9 Å². The second-order valence-corrected chi connectivity index (χ2v) is 3.60. The molecule has 1 aromatic heterocycles. The fraction of sp³-hybridized carbons (Fsp3) is 0.455. The summed E-state index contributed by atoms with van der Waals surface area (Å²) < 4.78 is 50.2. The Morgan fingerprint density at radius 1 is 1.40 bits per heavy atom. The fourth-order valence-electron chi connectivity index (χ4n) is 1.43. The van der Waals surface area contributed by atoms with Gasteiger partial charge in [-0.1, -0.05) is 0 Å². The van der Waals surface area contributed by atoms with Crippen LogP contribution in [0.2, 0.25) is 0 Å². The first-order chi connectivity index (χ1) is 9.30. The molecule has 0 fully saturated rings. The van der Waals surface area contributed by atoms with Gasteiger partial charge in [0.1, 0.15) is 5.75 Å². The van der Waals surface area contributed by atoms with Crippen molar-refractivity contribution in [3.63, 3.8) is 0 Å². The summed E-state index contributed by atoms with van der Waals surface area (Å²) in [6.07, 6.45) is -5.42. The van der Waals surface area contributed by atoms with Crippen molar-refractivity contribution in [3.05, 3.63) is 17.3 Å². The summed E-state index contributed by atoms with van der Waals surface area (Å²) in [5.41, 5.74) is 5.31. The van der Waals surface area contributed by atoms with Crippen molar-refractivity contribution in [3.8, 4) is 11.6 Å². The maximum absolute atomic E-state index is 12.4. The molecule has 0 aliphatic carbocycles. The molecule has 0 saturated carbocycles. The van der Waals surface area contributed by atoms with Crippen LogP contribution in [0.25, 0.3) is 0 Å². The van der Waals surface area contributed by atoms with Crippen LogP contribution in [0.5, 0.6) is 11.6 Å². The minimum Gasteiger partial charge on any atom is -0.496 e. The molecule has 9 heteroatoms. The monoisotopic (exact) mass is 294 g/mol. The molecule has 20 heavy (non-hydrogen) atoms. The van der Waals surface area contributed by atoms with E-state index in [-0.39, 0.29) is 23.6 Å². The first-order valence-corrected chi connectivity index (χ1v) is 5.40. The van der Waals surface area contributed by atoms with Gasteiger partial charge in [0, 0.05) is 12.6 Å². The molecule has 2 N–H and O–H groups in total. The van der Waals surface area contributed by atoms with E-state index in [0.717, 1.165) is 7.11 Å². The standard InChI is InChI=1S/C11H13F3N2O4/c1-18-8-3-6(5-15)16-10(20-11(12,13)14)7(8)4-9(17)19-2/h3H,4-5,15H2,1-2H3. The summed E-state index contributed by atoms with van der Waals surface area (Å²) in [5, 5.41) is 0. The van der Waals surface area contributed by atoms with Gasteiger partial charge in [-0.05, 0) is 0 Å². The van der Waals surface area contributed by atoms with E-state index in [9.17, 15) is 18.0 Å². The van der Waals surface area contributed by atoms with Crippen molar-refractivity contribution in [2.75, 3.05) is 14.2 Å². The number of alkyl halides is 3. The van der Waals surface area contributed by atoms with Gasteiger partial charge in [0.25, 0.3) is 0 Å². The highest BCUT2D eigenvalue weighted by molar-refractivity contribution is 5.74. The second kappa shape index (κ2) is 6.42. The van der Waals surface area contributed by atoms with Crippen molar-refractivity contribution >= 4 is 5.97 Å². The zero-order chi connectivity index (χ0) is 15.3. The summed E-state index contributed by atoms with van der Waals surface area (Å²) in [4.78, 5) is 14.9. The van der Waals surface area contributed by atoms with Gasteiger partial charge in [-0.2, -0.15) is 0 Å². The lowest BCUT2D eigenvalue weighted by molar-refractivity contribution is -0.276. The van der Waals surface area contributed by atoms with E-state index >= 15 is 0 Å². The number of carbonyl (C=O) groups excluding carboxylic acids is 1. The molecule has 6 nitrogen and oxygen atoms in total. The summed E-state index contributed by atoms with van der Waals surface area (Å²) in [7, 11) is 2.36. The Morgan fingerprint density at radius 3 is 2.50 bits per heavy atom. The molecule has 0 spiro atoms. The molecule has 0 unspecified atom stereocenters. The zero-order valence-corrected chi connectivity index (χ0v) is 10.8. The molecule has 0 aliphatic rings. The number of hydrogen-bond donors (Lipinski definition) is 1. The van der Waals surface area contributed by atoms with Gasteiger partial charge in [-0.3, -0.25) is 4.79 Å². The van der Waals surface area contributed by atoms with Gasteiger partial charge in [-0.15, -0.1) is 13.2 Å². The molecule has 0 bridgehead atoms. The molecule has 1 heterocycles. The Bertz CT molecular complexity index is 491. The number of methoxy groups -OCH3 is 2. The lowest BCUT2D eigenvalue weighted by Crippen LogP contribution is -2.21. The van der Waals surface area contributed by atoms with E-state index in [1.165, 1.54) is 13.2 Å². The van der Waals surface area contributed by atoms with Crippen LogP contribution < -0.4 is 15.2 Å². The summed E-state index contributed by atoms with van der Waals surface area (Å²) in [5.74, 6) is -1.51. The third kappa shape index (κ3) is 4.26. The number of halogens is 3. The van der Waals surface area contributed by atoms with Gasteiger partial charge in [-0.25, -0.2) is 4.98 Å². The quantitative estimate of drug-likeness (QED) is 0.820. The van der Waals surface area contributed by atoms with Crippen molar-refractivity contribution in [1.82, 2.24) is 4.98 Å². The first kappa shape index (κ1) is 16.0. The van der Waals surface area contributed by atoms with Crippen molar-refractivity contribution < 1.29 is 32.2 Å². The number of nitrogens with zero attached hydrogens (tertiary/aromatic N) is 1. The normalized spacial score (nSPS) is 11.1. The predicted molar refractivity (Wildman–Crippen MR) is 61.1 cm³/mol. The van der Waals surface area contributed by atoms with E-state index in [1.54, 1.807) is 0 Å². The smallest absolute Gasteiger partial charge is 0.496 e. The average Bonchev–Trinajstić information content (AvgIpc) is 2.38. The number of nitrogens with two attached hydrogens (primary N) is 1. The maximum atomic E-state index is 12.4. The lowest BCUT2D eigenvalue weighted by Gasteiger charge is -2.15. The van der Waals surface area contributed by atoms with Crippen molar-refractivity contribution in [2.24, 2.45) is 5.73 Å². The summed E-state index contributed by atoms with van der Waals surface area (Å²) in [6.45, 7) is -0.108. The van der Waals surface area contributed by atoms with Crippen molar-refractivity contribution in [1.29, 1.82) is 0 Å².